The van der Waals surface area contributed by atoms with Crippen LogP contribution in [0.1, 0.15) is 43.0 Å². The van der Waals surface area contributed by atoms with Crippen molar-refractivity contribution in [2.45, 2.75) is 58.0 Å². The van der Waals surface area contributed by atoms with E-state index in [-0.39, 0.29) is 5.41 Å². The normalized spacial score (nSPS) is 12.8. The molecule has 0 aliphatic carbocycles. The van der Waals surface area contributed by atoms with Gasteiger partial charge in [0.15, 0.2) is 0 Å². The fourth-order valence-electron chi connectivity index (χ4n) is 2.84. The lowest BCUT2D eigenvalue weighted by atomic mass is 9.86. The highest BCUT2D eigenvalue weighted by molar-refractivity contribution is 7.99. The Balaban J connectivity index is 1.67. The van der Waals surface area contributed by atoms with E-state index in [4.69, 9.17) is 4.74 Å². The van der Waals surface area contributed by atoms with Crippen LogP contribution in [-0.4, -0.2) is 36.7 Å². The van der Waals surface area contributed by atoms with Gasteiger partial charge in [-0.25, -0.2) is 0 Å². The zero-order valence-electron chi connectivity index (χ0n) is 18.1. The second kappa shape index (κ2) is 10.3. The van der Waals surface area contributed by atoms with Crippen LogP contribution in [0.5, 0.6) is 5.75 Å². The summed E-state index contributed by atoms with van der Waals surface area (Å²) < 4.78 is 5.82. The molecule has 0 aromatic heterocycles. The standard InChI is InChI=1S/C24H35NO2S/c1-17-7-9-22(14-18(17)2)28-12-11-25-15-21(26)16-27-23-10-8-20(13-19(23)3)24(4,5)6/h7-10,13-14,21,25-26H,11-12,15-16H2,1-6H3. The van der Waals surface area contributed by atoms with Gasteiger partial charge in [0.25, 0.3) is 0 Å². The lowest BCUT2D eigenvalue weighted by molar-refractivity contribution is 0.106. The van der Waals surface area contributed by atoms with Gasteiger partial charge in [-0.3, -0.25) is 0 Å². The van der Waals surface area contributed by atoms with Crippen LogP contribution < -0.4 is 10.1 Å². The van der Waals surface area contributed by atoms with Crippen molar-refractivity contribution >= 4 is 11.8 Å². The molecule has 2 rings (SSSR count). The van der Waals surface area contributed by atoms with Crippen molar-refractivity contribution in [2.75, 3.05) is 25.4 Å². The SMILES string of the molecule is Cc1ccc(SCCNCC(O)COc2ccc(C(C)(C)C)cc2C)cc1C. The summed E-state index contributed by atoms with van der Waals surface area (Å²) in [4.78, 5) is 1.29. The number of rotatable bonds is 9. The zero-order valence-corrected chi connectivity index (χ0v) is 19.0. The van der Waals surface area contributed by atoms with Crippen LogP contribution in [0, 0.1) is 20.8 Å². The molecule has 1 atom stereocenters. The molecule has 0 bridgehead atoms. The van der Waals surface area contributed by atoms with Crippen LogP contribution in [0.15, 0.2) is 41.3 Å². The van der Waals surface area contributed by atoms with Gasteiger partial charge >= 0.3 is 0 Å². The van der Waals surface area contributed by atoms with Gasteiger partial charge in [0, 0.05) is 23.7 Å². The first-order valence-corrected chi connectivity index (χ1v) is 11.0. The Morgan fingerprint density at radius 3 is 2.39 bits per heavy atom. The third-order valence-corrected chi connectivity index (χ3v) is 5.87. The molecule has 154 valence electrons. The molecule has 1 unspecified atom stereocenters. The summed E-state index contributed by atoms with van der Waals surface area (Å²) in [6, 6.07) is 12.9. The van der Waals surface area contributed by atoms with Crippen LogP contribution in [-0.2, 0) is 5.41 Å². The number of aliphatic hydroxyl groups excluding tert-OH is 1. The van der Waals surface area contributed by atoms with Crippen LogP contribution >= 0.6 is 11.8 Å². The number of ether oxygens (including phenoxy) is 1. The van der Waals surface area contributed by atoms with Crippen molar-refractivity contribution in [1.82, 2.24) is 5.32 Å². The van der Waals surface area contributed by atoms with E-state index in [0.717, 1.165) is 23.6 Å². The van der Waals surface area contributed by atoms with Crippen molar-refractivity contribution in [3.8, 4) is 5.75 Å². The third-order valence-electron chi connectivity index (χ3n) is 4.88. The van der Waals surface area contributed by atoms with E-state index in [0.29, 0.717) is 13.2 Å². The third kappa shape index (κ3) is 7.16. The highest BCUT2D eigenvalue weighted by Gasteiger charge is 2.15. The van der Waals surface area contributed by atoms with Gasteiger partial charge in [-0.15, -0.1) is 11.8 Å². The predicted octanol–water partition coefficient (Wildman–Crippen LogP) is 5.03. The molecular weight excluding hydrogens is 366 g/mol. The number of aryl methyl sites for hydroxylation is 3. The molecule has 3 nitrogen and oxygen atoms in total. The van der Waals surface area contributed by atoms with E-state index < -0.39 is 6.10 Å². The summed E-state index contributed by atoms with van der Waals surface area (Å²) in [5.74, 6) is 1.82. The molecular formula is C24H35NO2S. The van der Waals surface area contributed by atoms with Crippen molar-refractivity contribution in [1.29, 1.82) is 0 Å². The number of aliphatic hydroxyl groups is 1. The van der Waals surface area contributed by atoms with E-state index >= 15 is 0 Å². The van der Waals surface area contributed by atoms with Crippen LogP contribution in [0.2, 0.25) is 0 Å². The number of nitrogens with one attached hydrogen (secondary N) is 1. The molecule has 0 aliphatic rings. The molecule has 0 heterocycles. The van der Waals surface area contributed by atoms with E-state index in [1.54, 1.807) is 0 Å². The first-order chi connectivity index (χ1) is 13.2. The smallest absolute Gasteiger partial charge is 0.122 e. The second-order valence-electron chi connectivity index (χ2n) is 8.49. The van der Waals surface area contributed by atoms with Crippen molar-refractivity contribution in [3.63, 3.8) is 0 Å². The Morgan fingerprint density at radius 2 is 1.75 bits per heavy atom. The molecule has 0 saturated heterocycles. The summed E-state index contributed by atoms with van der Waals surface area (Å²) in [7, 11) is 0. The first-order valence-electron chi connectivity index (χ1n) is 9.99. The molecule has 0 radical (unpaired) electrons. The fourth-order valence-corrected chi connectivity index (χ4v) is 3.74. The summed E-state index contributed by atoms with van der Waals surface area (Å²) in [6.45, 7) is 14.6. The monoisotopic (exact) mass is 401 g/mol. The maximum absolute atomic E-state index is 10.2. The number of benzene rings is 2. The summed E-state index contributed by atoms with van der Waals surface area (Å²) >= 11 is 1.83. The van der Waals surface area contributed by atoms with Crippen molar-refractivity contribution in [2.24, 2.45) is 0 Å². The van der Waals surface area contributed by atoms with Gasteiger partial charge in [0.2, 0.25) is 0 Å². The van der Waals surface area contributed by atoms with Crippen molar-refractivity contribution in [3.05, 3.63) is 58.7 Å². The van der Waals surface area contributed by atoms with E-state index in [1.807, 2.05) is 17.8 Å². The second-order valence-corrected chi connectivity index (χ2v) is 9.66. The maximum atomic E-state index is 10.2. The Kier molecular flexibility index (Phi) is 8.41. The van der Waals surface area contributed by atoms with Crippen LogP contribution in [0.25, 0.3) is 0 Å². The average molecular weight is 402 g/mol. The quantitative estimate of drug-likeness (QED) is 0.457. The highest BCUT2D eigenvalue weighted by atomic mass is 32.2. The molecule has 2 aromatic carbocycles. The van der Waals surface area contributed by atoms with Gasteiger partial charge in [-0.2, -0.15) is 0 Å². The minimum Gasteiger partial charge on any atom is -0.491 e. The molecule has 2 aromatic rings. The van der Waals surface area contributed by atoms with Gasteiger partial charge in [-0.05, 0) is 66.6 Å². The van der Waals surface area contributed by atoms with Gasteiger partial charge in [0.1, 0.15) is 18.5 Å². The fraction of sp³-hybridized carbons (Fsp3) is 0.500. The van der Waals surface area contributed by atoms with Crippen LogP contribution in [0.3, 0.4) is 0 Å². The van der Waals surface area contributed by atoms with E-state index in [2.05, 4.69) is 77.2 Å². The Hall–Kier alpha value is -1.49. The topological polar surface area (TPSA) is 41.5 Å². The molecule has 0 saturated carbocycles. The molecule has 0 fully saturated rings. The Morgan fingerprint density at radius 1 is 1.00 bits per heavy atom. The zero-order chi connectivity index (χ0) is 20.7. The van der Waals surface area contributed by atoms with Crippen LogP contribution in [0.4, 0.5) is 0 Å². The summed E-state index contributed by atoms with van der Waals surface area (Å²) in [5, 5.41) is 13.5. The minimum absolute atomic E-state index is 0.127. The predicted molar refractivity (Wildman–Crippen MR) is 121 cm³/mol. The molecule has 28 heavy (non-hydrogen) atoms. The Bertz CT molecular complexity index is 768. The molecule has 0 aliphatic heterocycles. The van der Waals surface area contributed by atoms with Gasteiger partial charge in [0.05, 0.1) is 0 Å². The van der Waals surface area contributed by atoms with E-state index in [1.165, 1.54) is 21.6 Å². The minimum atomic E-state index is -0.520. The van der Waals surface area contributed by atoms with Crippen molar-refractivity contribution < 1.29 is 9.84 Å². The largest absolute Gasteiger partial charge is 0.491 e. The highest BCUT2D eigenvalue weighted by Crippen LogP contribution is 2.27. The first kappa shape index (κ1) is 22.8. The lowest BCUT2D eigenvalue weighted by Crippen LogP contribution is -2.32. The number of thioether (sulfide) groups is 1. The van der Waals surface area contributed by atoms with E-state index in [9.17, 15) is 5.11 Å². The summed E-state index contributed by atoms with van der Waals surface area (Å²) in [6.07, 6.45) is -0.520. The summed E-state index contributed by atoms with van der Waals surface area (Å²) in [5.41, 5.74) is 5.19. The number of hydrogen-bond donors (Lipinski definition) is 2. The average Bonchev–Trinajstić information content (AvgIpc) is 2.62. The number of hydrogen-bond acceptors (Lipinski definition) is 4. The molecule has 0 spiro atoms. The lowest BCUT2D eigenvalue weighted by Gasteiger charge is -2.21. The molecule has 0 amide bonds. The molecule has 4 heteroatoms. The Labute approximate surface area is 174 Å². The molecule has 2 N–H and O–H groups in total. The van der Waals surface area contributed by atoms with Gasteiger partial charge < -0.3 is 15.2 Å². The van der Waals surface area contributed by atoms with Gasteiger partial charge in [-0.1, -0.05) is 39.0 Å². The maximum Gasteiger partial charge on any atom is 0.122 e.